The number of anilines is 1. The molecule has 1 fully saturated rings. The standard InChI is InChI=1S/C9H13N3O5.6Na.3H3O4P/c10-5-1-2-12(9(16)11-5)8-7(15)6(14)4(3-13)17-8;;;;;;;3*1-5(2,3)4/h1-2,4,6-8,13-15H,3H2,(H2,10,11,16);;;;;;;3*(H3,1,2,3,4)/q;6*+1;;;/t4-,6-,7-,8-;;;;;;;;;/m1........./s1. The largest absolute Gasteiger partial charge is 1.00 e. The van der Waals surface area contributed by atoms with Crippen LogP contribution in [0.1, 0.15) is 6.23 Å². The van der Waals surface area contributed by atoms with Crippen molar-refractivity contribution < 1.29 is 255 Å². The van der Waals surface area contributed by atoms with Gasteiger partial charge in [0.25, 0.3) is 0 Å². The fraction of sp³-hybridized carbons (Fsp3) is 0.556. The van der Waals surface area contributed by atoms with Crippen molar-refractivity contribution in [2.24, 2.45) is 0 Å². The number of ether oxygens (including phenoxy) is 1. The quantitative estimate of drug-likeness (QED) is 0.102. The minimum Gasteiger partial charge on any atom is -0.394 e. The Labute approximate surface area is 347 Å². The van der Waals surface area contributed by atoms with E-state index >= 15 is 0 Å². The number of hydrogen-bond acceptors (Lipinski definition) is 10. The minimum atomic E-state index is -4.64. The van der Waals surface area contributed by atoms with Gasteiger partial charge >= 0.3 is 207 Å². The van der Waals surface area contributed by atoms with E-state index in [0.29, 0.717) is 0 Å². The maximum Gasteiger partial charge on any atom is 1.00 e. The number of nitrogen functional groups attached to an aromatic ring is 1. The first-order valence-corrected chi connectivity index (χ1v) is 12.1. The van der Waals surface area contributed by atoms with Crippen LogP contribution in [0.25, 0.3) is 0 Å². The van der Waals surface area contributed by atoms with Gasteiger partial charge in [0.2, 0.25) is 0 Å². The zero-order valence-corrected chi connectivity index (χ0v) is 36.1. The number of nitrogens with two attached hydrogens (primary N) is 1. The average molecular weight is 675 g/mol. The Kier molecular flexibility index (Phi) is 47.6. The molecule has 0 saturated carbocycles. The first-order chi connectivity index (χ1) is 14.0. The van der Waals surface area contributed by atoms with Crippen molar-refractivity contribution in [1.82, 2.24) is 9.55 Å². The van der Waals surface area contributed by atoms with Gasteiger partial charge in [-0.1, -0.05) is 0 Å². The van der Waals surface area contributed by atoms with Crippen molar-refractivity contribution in [1.29, 1.82) is 0 Å². The van der Waals surface area contributed by atoms with E-state index in [4.69, 9.17) is 73.3 Å². The van der Waals surface area contributed by atoms with Gasteiger partial charge in [0.05, 0.1) is 6.61 Å². The van der Waals surface area contributed by atoms with Crippen LogP contribution in [0.4, 0.5) is 5.82 Å². The van der Waals surface area contributed by atoms with Crippen molar-refractivity contribution in [3.05, 3.63) is 22.7 Å². The van der Waals surface area contributed by atoms with Gasteiger partial charge in [0.15, 0.2) is 6.23 Å². The van der Waals surface area contributed by atoms with E-state index in [1.807, 2.05) is 0 Å². The number of phosphoric acid groups is 3. The summed E-state index contributed by atoms with van der Waals surface area (Å²) in [4.78, 5) is 79.7. The van der Waals surface area contributed by atoms with Crippen LogP contribution in [0.3, 0.4) is 0 Å². The van der Waals surface area contributed by atoms with Gasteiger partial charge in [-0.15, -0.1) is 0 Å². The smallest absolute Gasteiger partial charge is 0.394 e. The summed E-state index contributed by atoms with van der Waals surface area (Å²) in [6, 6.07) is 1.37. The molecule has 0 radical (unpaired) electrons. The fourth-order valence-electron chi connectivity index (χ4n) is 1.73. The molecule has 1 saturated heterocycles. The predicted octanol–water partition coefficient (Wildman–Crippen LogP) is -23.3. The topological polar surface area (TPSA) is 364 Å². The molecule has 0 unspecified atom stereocenters. The molecular formula is C9H22N3Na6O17P3+6. The summed E-state index contributed by atoms with van der Waals surface area (Å²) in [5, 5.41) is 28.2. The molecule has 0 aromatic carbocycles. The number of aliphatic hydroxyl groups excluding tert-OH is 3. The summed E-state index contributed by atoms with van der Waals surface area (Å²) >= 11 is 0. The molecule has 2 heterocycles. The van der Waals surface area contributed by atoms with E-state index in [1.165, 1.54) is 12.3 Å². The van der Waals surface area contributed by atoms with Crippen LogP contribution in [-0.4, -0.2) is 93.8 Å². The molecule has 1 aliphatic heterocycles. The summed E-state index contributed by atoms with van der Waals surface area (Å²) in [6.45, 7) is -0.453. The van der Waals surface area contributed by atoms with Crippen LogP contribution in [0, 0.1) is 0 Å². The van der Waals surface area contributed by atoms with E-state index < -0.39 is 60.3 Å². The summed E-state index contributed by atoms with van der Waals surface area (Å²) in [5.41, 5.74) is 4.63. The average Bonchev–Trinajstić information content (AvgIpc) is 2.78. The van der Waals surface area contributed by atoms with Crippen LogP contribution in [-0.2, 0) is 18.4 Å². The van der Waals surface area contributed by atoms with E-state index in [0.717, 1.165) is 4.57 Å². The maximum absolute atomic E-state index is 11.5. The molecule has 14 N–H and O–H groups in total. The zero-order valence-electron chi connectivity index (χ0n) is 21.4. The molecule has 0 aliphatic carbocycles. The van der Waals surface area contributed by atoms with Crippen molar-refractivity contribution in [3.63, 3.8) is 0 Å². The molecule has 0 spiro atoms. The molecule has 4 atom stereocenters. The second kappa shape index (κ2) is 29.3. The van der Waals surface area contributed by atoms with E-state index in [1.54, 1.807) is 0 Å². The Hall–Kier alpha value is 4.85. The van der Waals surface area contributed by atoms with Gasteiger partial charge in [-0.3, -0.25) is 4.57 Å². The number of hydrogen-bond donors (Lipinski definition) is 13. The molecule has 2 rings (SSSR count). The van der Waals surface area contributed by atoms with Gasteiger partial charge in [-0.2, -0.15) is 4.98 Å². The number of rotatable bonds is 2. The second-order valence-corrected chi connectivity index (χ2v) is 8.39. The van der Waals surface area contributed by atoms with E-state index in [9.17, 15) is 15.0 Å². The molecule has 190 valence electrons. The first kappa shape index (κ1) is 61.8. The number of aromatic nitrogens is 2. The first-order valence-electron chi connectivity index (χ1n) is 7.36. The van der Waals surface area contributed by atoms with Crippen LogP contribution < -0.4 is 189 Å². The summed E-state index contributed by atoms with van der Waals surface area (Å²) in [6.07, 6.45) is -3.27. The van der Waals surface area contributed by atoms with Crippen molar-refractivity contribution >= 4 is 29.3 Å². The van der Waals surface area contributed by atoms with Crippen molar-refractivity contribution in [2.75, 3.05) is 12.3 Å². The van der Waals surface area contributed by atoms with Gasteiger partial charge in [-0.05, 0) is 6.07 Å². The Bertz CT molecular complexity index is 842. The van der Waals surface area contributed by atoms with Crippen LogP contribution in [0.5, 0.6) is 0 Å². The van der Waals surface area contributed by atoms with Gasteiger partial charge < -0.3 is 69.8 Å². The van der Waals surface area contributed by atoms with E-state index in [-0.39, 0.29) is 183 Å². The molecule has 0 bridgehead atoms. The van der Waals surface area contributed by atoms with Crippen LogP contribution >= 0.6 is 23.5 Å². The van der Waals surface area contributed by atoms with Gasteiger partial charge in [-0.25, -0.2) is 18.5 Å². The SMILES string of the molecule is Nc1ccn([C@@H]2O[C@H](CO)[C@@H](O)[C@H]2O)c(=O)n1.O=P(O)(O)O.O=P(O)(O)O.O=P(O)(O)O.[Na+].[Na+].[Na+].[Na+].[Na+].[Na+]. The molecule has 1 aromatic heterocycles. The van der Waals surface area contributed by atoms with Crippen molar-refractivity contribution in [3.8, 4) is 0 Å². The Balaban J connectivity index is -0.0000000610. The number of aliphatic hydroxyl groups is 3. The number of nitrogens with zero attached hydrogens (tertiary/aromatic N) is 2. The van der Waals surface area contributed by atoms with Crippen LogP contribution in [0.2, 0.25) is 0 Å². The Morgan fingerprint density at radius 2 is 1.11 bits per heavy atom. The van der Waals surface area contributed by atoms with Crippen LogP contribution in [0.15, 0.2) is 17.1 Å². The molecule has 1 aromatic rings. The molecule has 0 amide bonds. The summed E-state index contributed by atoms with van der Waals surface area (Å²) < 4.78 is 32.8. The fourth-order valence-corrected chi connectivity index (χ4v) is 1.73. The molecular weight excluding hydrogens is 653 g/mol. The molecule has 1 aliphatic rings. The van der Waals surface area contributed by atoms with Crippen molar-refractivity contribution in [2.45, 2.75) is 24.5 Å². The minimum absolute atomic E-state index is 0. The maximum atomic E-state index is 11.5. The Morgan fingerprint density at radius 3 is 1.34 bits per heavy atom. The molecule has 20 nitrogen and oxygen atoms in total. The molecule has 38 heavy (non-hydrogen) atoms. The summed E-state index contributed by atoms with van der Waals surface area (Å²) in [5.74, 6) is 0.0537. The summed E-state index contributed by atoms with van der Waals surface area (Å²) in [7, 11) is -13.9. The third kappa shape index (κ3) is 40.9. The third-order valence-electron chi connectivity index (χ3n) is 2.64. The zero-order chi connectivity index (χ0) is 26.1. The normalized spacial score (nSPS) is 19.4. The predicted molar refractivity (Wildman–Crippen MR) is 98.7 cm³/mol. The second-order valence-electron chi connectivity index (χ2n) is 5.31. The third-order valence-corrected chi connectivity index (χ3v) is 2.64. The molecule has 29 heteroatoms. The van der Waals surface area contributed by atoms with Gasteiger partial charge in [0.1, 0.15) is 24.1 Å². The Morgan fingerprint density at radius 1 is 0.789 bits per heavy atom. The monoisotopic (exact) mass is 675 g/mol. The van der Waals surface area contributed by atoms with Gasteiger partial charge in [0, 0.05) is 6.20 Å². The van der Waals surface area contributed by atoms with E-state index in [2.05, 4.69) is 4.98 Å².